The molecular formula is C22H31N7O2. The summed E-state index contributed by atoms with van der Waals surface area (Å²) in [4.78, 5) is 26.5. The first kappa shape index (κ1) is 21.3. The fraction of sp³-hybridized carbons (Fsp3) is 0.500. The number of aromatic amines is 1. The molecule has 0 aliphatic carbocycles. The normalized spacial score (nSPS) is 20.9. The van der Waals surface area contributed by atoms with Gasteiger partial charge in [-0.3, -0.25) is 15.2 Å². The van der Waals surface area contributed by atoms with Crippen LogP contribution in [0.15, 0.2) is 36.8 Å². The number of amidine groups is 1. The van der Waals surface area contributed by atoms with Gasteiger partial charge in [0.15, 0.2) is 0 Å². The third-order valence-corrected chi connectivity index (χ3v) is 6.28. The Morgan fingerprint density at radius 2 is 2.06 bits per heavy atom. The standard InChI is InChI=1S/C22H31N7O2/c23-21(24)18-2-1-3-20(8-18)29-12-17(14-30)11-28(22(29)31)10-16-4-6-27(7-5-16)13-19-9-25-15-26-19/h1-3,8-9,15-17,30H,4-7,10-14H2,(H3,23,24)(H,25,26). The van der Waals surface area contributed by atoms with Crippen molar-refractivity contribution < 1.29 is 9.90 Å². The van der Waals surface area contributed by atoms with Crippen molar-refractivity contribution in [3.63, 3.8) is 0 Å². The second-order valence-electron chi connectivity index (χ2n) is 8.61. The highest BCUT2D eigenvalue weighted by atomic mass is 16.3. The fourth-order valence-electron chi connectivity index (χ4n) is 4.53. The van der Waals surface area contributed by atoms with E-state index in [1.165, 1.54) is 0 Å². The van der Waals surface area contributed by atoms with E-state index in [1.807, 2.05) is 23.2 Å². The summed E-state index contributed by atoms with van der Waals surface area (Å²) in [6.07, 6.45) is 5.66. The average molecular weight is 426 g/mol. The van der Waals surface area contributed by atoms with Gasteiger partial charge in [0.2, 0.25) is 0 Å². The Hall–Kier alpha value is -2.91. The lowest BCUT2D eigenvalue weighted by Gasteiger charge is -2.42. The fourth-order valence-corrected chi connectivity index (χ4v) is 4.53. The summed E-state index contributed by atoms with van der Waals surface area (Å²) in [6.45, 7) is 4.66. The first-order valence-corrected chi connectivity index (χ1v) is 10.8. The molecule has 2 fully saturated rings. The van der Waals surface area contributed by atoms with Crippen LogP contribution in [0.3, 0.4) is 0 Å². The van der Waals surface area contributed by atoms with Crippen LogP contribution in [0.4, 0.5) is 10.5 Å². The molecule has 2 saturated heterocycles. The molecule has 4 rings (SSSR count). The maximum Gasteiger partial charge on any atom is 0.324 e. The zero-order chi connectivity index (χ0) is 21.8. The van der Waals surface area contributed by atoms with Crippen LogP contribution < -0.4 is 10.6 Å². The number of rotatable bonds is 7. The predicted molar refractivity (Wildman–Crippen MR) is 119 cm³/mol. The van der Waals surface area contributed by atoms with Gasteiger partial charge in [0.05, 0.1) is 6.33 Å². The molecule has 9 nitrogen and oxygen atoms in total. The minimum absolute atomic E-state index is 0.000786. The number of nitrogens with zero attached hydrogens (tertiary/aromatic N) is 4. The van der Waals surface area contributed by atoms with E-state index < -0.39 is 0 Å². The Kier molecular flexibility index (Phi) is 6.53. The quantitative estimate of drug-likeness (QED) is 0.395. The predicted octanol–water partition coefficient (Wildman–Crippen LogP) is 1.46. The zero-order valence-corrected chi connectivity index (χ0v) is 17.7. The topological polar surface area (TPSA) is 126 Å². The van der Waals surface area contributed by atoms with Crippen LogP contribution in [0, 0.1) is 17.2 Å². The third kappa shape index (κ3) is 5.05. The number of nitrogen functional groups attached to an aromatic ring is 1. The molecule has 2 aliphatic rings. The summed E-state index contributed by atoms with van der Waals surface area (Å²) < 4.78 is 0. The number of carbonyl (C=O) groups is 1. The molecule has 1 aromatic heterocycles. The molecular weight excluding hydrogens is 394 g/mol. The molecule has 1 unspecified atom stereocenters. The molecule has 5 N–H and O–H groups in total. The van der Waals surface area contributed by atoms with Gasteiger partial charge in [0, 0.05) is 61.8 Å². The van der Waals surface area contributed by atoms with Crippen LogP contribution in [0.25, 0.3) is 0 Å². The Morgan fingerprint density at radius 3 is 2.74 bits per heavy atom. The van der Waals surface area contributed by atoms with E-state index in [0.29, 0.717) is 31.1 Å². The van der Waals surface area contributed by atoms with Crippen molar-refractivity contribution in [1.82, 2.24) is 19.8 Å². The molecule has 166 valence electrons. The molecule has 0 radical (unpaired) electrons. The maximum atomic E-state index is 13.3. The Balaban J connectivity index is 1.39. The van der Waals surface area contributed by atoms with Gasteiger partial charge in [-0.1, -0.05) is 12.1 Å². The van der Waals surface area contributed by atoms with Crippen molar-refractivity contribution in [2.24, 2.45) is 17.6 Å². The number of amides is 2. The van der Waals surface area contributed by atoms with Gasteiger partial charge in [-0.15, -0.1) is 0 Å². The number of aliphatic hydroxyl groups excluding tert-OH is 1. The van der Waals surface area contributed by atoms with Crippen LogP contribution in [0.1, 0.15) is 24.1 Å². The lowest BCUT2D eigenvalue weighted by atomic mass is 9.95. The van der Waals surface area contributed by atoms with Crippen molar-refractivity contribution in [2.75, 3.05) is 44.2 Å². The van der Waals surface area contributed by atoms with Crippen molar-refractivity contribution in [3.8, 4) is 0 Å². The number of aromatic nitrogens is 2. The largest absolute Gasteiger partial charge is 0.396 e. The molecule has 1 atom stereocenters. The van der Waals surface area contributed by atoms with E-state index in [0.717, 1.165) is 43.9 Å². The Labute approximate surface area is 182 Å². The van der Waals surface area contributed by atoms with Crippen molar-refractivity contribution in [1.29, 1.82) is 5.41 Å². The summed E-state index contributed by atoms with van der Waals surface area (Å²) in [5.41, 5.74) is 8.06. The number of anilines is 1. The monoisotopic (exact) mass is 425 g/mol. The second-order valence-corrected chi connectivity index (χ2v) is 8.61. The van der Waals surface area contributed by atoms with E-state index in [-0.39, 0.29) is 24.4 Å². The van der Waals surface area contributed by atoms with Gasteiger partial charge in [0.25, 0.3) is 0 Å². The summed E-state index contributed by atoms with van der Waals surface area (Å²) >= 11 is 0. The van der Waals surface area contributed by atoms with Crippen LogP contribution in [0.2, 0.25) is 0 Å². The highest BCUT2D eigenvalue weighted by Crippen LogP contribution is 2.26. The zero-order valence-electron chi connectivity index (χ0n) is 17.7. The van der Waals surface area contributed by atoms with Gasteiger partial charge in [-0.25, -0.2) is 9.78 Å². The van der Waals surface area contributed by atoms with Crippen molar-refractivity contribution in [3.05, 3.63) is 48.0 Å². The Bertz CT molecular complexity index is 893. The molecule has 2 amide bonds. The number of nitrogens with two attached hydrogens (primary N) is 1. The Morgan fingerprint density at radius 1 is 1.26 bits per heavy atom. The molecule has 1 aromatic carbocycles. The van der Waals surface area contributed by atoms with E-state index in [1.54, 1.807) is 23.4 Å². The number of likely N-dealkylation sites (tertiary alicyclic amines) is 1. The molecule has 3 heterocycles. The first-order valence-electron chi connectivity index (χ1n) is 10.8. The van der Waals surface area contributed by atoms with Gasteiger partial charge in [-0.2, -0.15) is 0 Å². The van der Waals surface area contributed by atoms with Crippen LogP contribution >= 0.6 is 0 Å². The van der Waals surface area contributed by atoms with Crippen LogP contribution in [-0.2, 0) is 6.54 Å². The molecule has 9 heteroatoms. The van der Waals surface area contributed by atoms with Gasteiger partial charge >= 0.3 is 6.03 Å². The number of aliphatic hydroxyl groups is 1. The number of piperidine rings is 1. The summed E-state index contributed by atoms with van der Waals surface area (Å²) in [5.74, 6) is 0.424. The number of urea groups is 1. The van der Waals surface area contributed by atoms with Crippen LogP contribution in [0.5, 0.6) is 0 Å². The van der Waals surface area contributed by atoms with Gasteiger partial charge in [-0.05, 0) is 44.0 Å². The van der Waals surface area contributed by atoms with E-state index in [9.17, 15) is 9.90 Å². The number of benzene rings is 1. The smallest absolute Gasteiger partial charge is 0.324 e. The molecule has 2 aliphatic heterocycles. The van der Waals surface area contributed by atoms with Crippen molar-refractivity contribution in [2.45, 2.75) is 19.4 Å². The van der Waals surface area contributed by atoms with Crippen molar-refractivity contribution >= 4 is 17.6 Å². The molecule has 31 heavy (non-hydrogen) atoms. The average Bonchev–Trinajstić information content (AvgIpc) is 3.29. The number of carbonyl (C=O) groups excluding carboxylic acids is 1. The number of hydrogen-bond acceptors (Lipinski definition) is 5. The SMILES string of the molecule is N=C(N)c1cccc(N2CC(CO)CN(CC3CCN(Cc4cnc[nH]4)CC3)C2=O)c1. The molecule has 0 saturated carbocycles. The van der Waals surface area contributed by atoms with E-state index in [2.05, 4.69) is 14.9 Å². The van der Waals surface area contributed by atoms with Crippen LogP contribution in [-0.4, -0.2) is 76.1 Å². The van der Waals surface area contributed by atoms with E-state index >= 15 is 0 Å². The highest BCUT2D eigenvalue weighted by Gasteiger charge is 2.34. The molecule has 0 spiro atoms. The first-order chi connectivity index (χ1) is 15.0. The van der Waals surface area contributed by atoms with E-state index in [4.69, 9.17) is 11.1 Å². The second kappa shape index (κ2) is 9.49. The highest BCUT2D eigenvalue weighted by molar-refractivity contribution is 5.98. The summed E-state index contributed by atoms with van der Waals surface area (Å²) in [7, 11) is 0. The minimum Gasteiger partial charge on any atom is -0.396 e. The lowest BCUT2D eigenvalue weighted by Crippen LogP contribution is -2.56. The number of imidazole rings is 1. The molecule has 2 aromatic rings. The number of nitrogens with one attached hydrogen (secondary N) is 2. The van der Waals surface area contributed by atoms with Gasteiger partial charge in [0.1, 0.15) is 5.84 Å². The maximum absolute atomic E-state index is 13.3. The molecule has 0 bridgehead atoms. The third-order valence-electron chi connectivity index (χ3n) is 6.28. The number of hydrogen-bond donors (Lipinski definition) is 4. The summed E-state index contributed by atoms with van der Waals surface area (Å²) in [5, 5.41) is 17.5. The van der Waals surface area contributed by atoms with Gasteiger partial charge < -0.3 is 20.7 Å². The lowest BCUT2D eigenvalue weighted by molar-refractivity contribution is 0.114. The summed E-state index contributed by atoms with van der Waals surface area (Å²) in [6, 6.07) is 7.16. The number of H-pyrrole nitrogens is 1. The minimum atomic E-state index is -0.0368.